The zero-order valence-electron chi connectivity index (χ0n) is 13.8. The van der Waals surface area contributed by atoms with E-state index in [1.165, 1.54) is 0 Å². The van der Waals surface area contributed by atoms with Crippen LogP contribution in [0, 0.1) is 6.92 Å². The van der Waals surface area contributed by atoms with E-state index in [1.807, 2.05) is 36.1 Å². The predicted molar refractivity (Wildman–Crippen MR) is 93.3 cm³/mol. The molecule has 3 heterocycles. The van der Waals surface area contributed by atoms with Gasteiger partial charge in [-0.1, -0.05) is 18.2 Å². The van der Waals surface area contributed by atoms with Crippen molar-refractivity contribution < 1.29 is 9.53 Å². The van der Waals surface area contributed by atoms with Gasteiger partial charge in [-0.25, -0.2) is 4.98 Å². The van der Waals surface area contributed by atoms with Crippen molar-refractivity contribution in [2.24, 2.45) is 0 Å². The van der Waals surface area contributed by atoms with E-state index in [4.69, 9.17) is 4.74 Å². The van der Waals surface area contributed by atoms with Crippen LogP contribution in [0.2, 0.25) is 0 Å². The Hall–Kier alpha value is -1.92. The molecule has 4 rings (SSSR count). The first-order chi connectivity index (χ1) is 11.7. The summed E-state index contributed by atoms with van der Waals surface area (Å²) in [4.78, 5) is 21.5. The largest absolute Gasteiger partial charge is 0.480 e. The lowest BCUT2D eigenvalue weighted by Gasteiger charge is -2.35. The zero-order valence-corrected chi connectivity index (χ0v) is 14.6. The molecule has 5 nitrogen and oxygen atoms in total. The quantitative estimate of drug-likeness (QED) is 0.856. The van der Waals surface area contributed by atoms with Crippen molar-refractivity contribution >= 4 is 17.2 Å². The number of piperazine rings is 1. The average Bonchev–Trinajstić information content (AvgIpc) is 3.21. The number of rotatable bonds is 3. The topological polar surface area (TPSA) is 45.7 Å². The van der Waals surface area contributed by atoms with Gasteiger partial charge in [0.15, 0.2) is 6.10 Å². The number of amides is 1. The summed E-state index contributed by atoms with van der Waals surface area (Å²) in [5.41, 5.74) is 2.26. The average molecular weight is 343 g/mol. The number of thiazole rings is 1. The fourth-order valence-electron chi connectivity index (χ4n) is 3.36. The lowest BCUT2D eigenvalue weighted by atomic mass is 10.1. The molecule has 2 aliphatic heterocycles. The van der Waals surface area contributed by atoms with Crippen molar-refractivity contribution in [3.05, 3.63) is 45.9 Å². The Morgan fingerprint density at radius 1 is 1.29 bits per heavy atom. The maximum Gasteiger partial charge on any atom is 0.264 e. The number of hydrogen-bond acceptors (Lipinski definition) is 5. The van der Waals surface area contributed by atoms with Gasteiger partial charge in [0.1, 0.15) is 5.75 Å². The molecule has 2 aromatic rings. The summed E-state index contributed by atoms with van der Waals surface area (Å²) in [6.07, 6.45) is 0.336. The highest BCUT2D eigenvalue weighted by Crippen LogP contribution is 2.29. The Morgan fingerprint density at radius 3 is 2.79 bits per heavy atom. The van der Waals surface area contributed by atoms with Crippen LogP contribution in [-0.4, -0.2) is 53.0 Å². The number of ether oxygens (including phenoxy) is 1. The third-order valence-corrected chi connectivity index (χ3v) is 5.48. The molecule has 0 spiro atoms. The first-order valence-corrected chi connectivity index (χ1v) is 9.24. The fraction of sp³-hybridized carbons (Fsp3) is 0.444. The number of benzene rings is 1. The van der Waals surface area contributed by atoms with Crippen LogP contribution in [0.3, 0.4) is 0 Å². The van der Waals surface area contributed by atoms with Crippen LogP contribution in [-0.2, 0) is 17.8 Å². The first-order valence-electron chi connectivity index (χ1n) is 8.36. The molecule has 1 aromatic carbocycles. The van der Waals surface area contributed by atoms with E-state index < -0.39 is 0 Å². The summed E-state index contributed by atoms with van der Waals surface area (Å²) in [6.45, 7) is 6.21. The van der Waals surface area contributed by atoms with Gasteiger partial charge in [0.2, 0.25) is 0 Å². The first kappa shape index (κ1) is 15.6. The Bertz CT molecular complexity index is 712. The molecular weight excluding hydrogens is 322 g/mol. The standard InChI is InChI=1S/C18H21N3O2S/c1-13-19-15(12-24-13)11-20-6-8-21(9-7-20)18(22)17-10-14-4-2-3-5-16(14)23-17/h2-5,12,17H,6-11H2,1H3/t17-/m0/s1. The highest BCUT2D eigenvalue weighted by atomic mass is 32.1. The van der Waals surface area contributed by atoms with Crippen LogP contribution in [0.4, 0.5) is 0 Å². The molecule has 2 aliphatic rings. The maximum absolute atomic E-state index is 12.7. The van der Waals surface area contributed by atoms with Crippen molar-refractivity contribution in [2.45, 2.75) is 26.0 Å². The number of carbonyl (C=O) groups is 1. The highest BCUT2D eigenvalue weighted by molar-refractivity contribution is 7.09. The van der Waals surface area contributed by atoms with E-state index in [0.29, 0.717) is 6.42 Å². The number of carbonyl (C=O) groups excluding carboxylic acids is 1. The third kappa shape index (κ3) is 3.16. The van der Waals surface area contributed by atoms with Crippen molar-refractivity contribution in [3.63, 3.8) is 0 Å². The molecule has 1 amide bonds. The summed E-state index contributed by atoms with van der Waals surface area (Å²) >= 11 is 1.69. The number of aryl methyl sites for hydroxylation is 1. The van der Waals surface area contributed by atoms with Crippen molar-refractivity contribution in [3.8, 4) is 5.75 Å². The summed E-state index contributed by atoms with van der Waals surface area (Å²) < 4.78 is 5.83. The van der Waals surface area contributed by atoms with Gasteiger partial charge in [0, 0.05) is 44.5 Å². The second kappa shape index (κ2) is 6.53. The highest BCUT2D eigenvalue weighted by Gasteiger charge is 2.33. The Kier molecular flexibility index (Phi) is 4.24. The fourth-order valence-corrected chi connectivity index (χ4v) is 3.96. The van der Waals surface area contributed by atoms with Gasteiger partial charge >= 0.3 is 0 Å². The number of aromatic nitrogens is 1. The SMILES string of the molecule is Cc1nc(CN2CCN(C(=O)[C@@H]3Cc4ccccc4O3)CC2)cs1. The van der Waals surface area contributed by atoms with Crippen LogP contribution < -0.4 is 4.74 Å². The Morgan fingerprint density at radius 2 is 2.08 bits per heavy atom. The van der Waals surface area contributed by atoms with E-state index in [-0.39, 0.29) is 12.0 Å². The van der Waals surface area contributed by atoms with Crippen LogP contribution in [0.1, 0.15) is 16.3 Å². The second-order valence-electron chi connectivity index (χ2n) is 6.38. The van der Waals surface area contributed by atoms with E-state index in [9.17, 15) is 4.79 Å². The molecule has 24 heavy (non-hydrogen) atoms. The Labute approximate surface area is 145 Å². The van der Waals surface area contributed by atoms with E-state index in [1.54, 1.807) is 11.3 Å². The predicted octanol–water partition coefficient (Wildman–Crippen LogP) is 2.10. The number of fused-ring (bicyclic) bond motifs is 1. The maximum atomic E-state index is 12.7. The van der Waals surface area contributed by atoms with Crippen LogP contribution in [0.15, 0.2) is 29.6 Å². The molecule has 1 saturated heterocycles. The summed E-state index contributed by atoms with van der Waals surface area (Å²) in [7, 11) is 0. The molecule has 0 unspecified atom stereocenters. The third-order valence-electron chi connectivity index (χ3n) is 4.66. The minimum Gasteiger partial charge on any atom is -0.480 e. The minimum absolute atomic E-state index is 0.121. The van der Waals surface area contributed by atoms with E-state index >= 15 is 0 Å². The molecule has 1 atom stereocenters. The zero-order chi connectivity index (χ0) is 16.5. The molecule has 1 aromatic heterocycles. The summed E-state index contributed by atoms with van der Waals surface area (Å²) in [5, 5.41) is 3.23. The monoisotopic (exact) mass is 343 g/mol. The number of para-hydroxylation sites is 1. The van der Waals surface area contributed by atoms with Gasteiger partial charge in [0.25, 0.3) is 5.91 Å². The number of hydrogen-bond donors (Lipinski definition) is 0. The lowest BCUT2D eigenvalue weighted by molar-refractivity contribution is -0.139. The van der Waals surface area contributed by atoms with Gasteiger partial charge < -0.3 is 9.64 Å². The van der Waals surface area contributed by atoms with Crippen LogP contribution in [0.5, 0.6) is 5.75 Å². The lowest BCUT2D eigenvalue weighted by Crippen LogP contribution is -2.51. The van der Waals surface area contributed by atoms with Crippen LogP contribution >= 0.6 is 11.3 Å². The van der Waals surface area contributed by atoms with Gasteiger partial charge in [-0.2, -0.15) is 0 Å². The normalized spacial score (nSPS) is 20.7. The van der Waals surface area contributed by atoms with Crippen LogP contribution in [0.25, 0.3) is 0 Å². The molecule has 0 radical (unpaired) electrons. The van der Waals surface area contributed by atoms with Gasteiger partial charge in [-0.15, -0.1) is 11.3 Å². The van der Waals surface area contributed by atoms with E-state index in [2.05, 4.69) is 15.3 Å². The molecule has 1 fully saturated rings. The van der Waals surface area contributed by atoms with Gasteiger partial charge in [-0.05, 0) is 18.6 Å². The second-order valence-corrected chi connectivity index (χ2v) is 7.44. The molecule has 0 bridgehead atoms. The smallest absolute Gasteiger partial charge is 0.264 e. The van der Waals surface area contributed by atoms with Crippen molar-refractivity contribution in [2.75, 3.05) is 26.2 Å². The molecular formula is C18H21N3O2S. The van der Waals surface area contributed by atoms with Crippen molar-refractivity contribution in [1.82, 2.24) is 14.8 Å². The minimum atomic E-state index is -0.352. The molecule has 0 aliphatic carbocycles. The van der Waals surface area contributed by atoms with Crippen molar-refractivity contribution in [1.29, 1.82) is 0 Å². The molecule has 0 saturated carbocycles. The van der Waals surface area contributed by atoms with E-state index in [0.717, 1.165) is 54.7 Å². The summed E-state index contributed by atoms with van der Waals surface area (Å²) in [5.74, 6) is 0.976. The molecule has 0 N–H and O–H groups in total. The molecule has 126 valence electrons. The molecule has 6 heteroatoms. The Balaban J connectivity index is 1.31. The van der Waals surface area contributed by atoms with Gasteiger partial charge in [0.05, 0.1) is 10.7 Å². The van der Waals surface area contributed by atoms with Gasteiger partial charge in [-0.3, -0.25) is 9.69 Å². The number of nitrogens with zero attached hydrogens (tertiary/aromatic N) is 3. The summed E-state index contributed by atoms with van der Waals surface area (Å²) in [6, 6.07) is 7.92.